The van der Waals surface area contributed by atoms with Gasteiger partial charge in [-0.2, -0.15) is 5.84 Å². The van der Waals surface area contributed by atoms with E-state index in [1.165, 1.54) is 18.8 Å². The first-order valence-electron chi connectivity index (χ1n) is 12.2. The predicted molar refractivity (Wildman–Crippen MR) is 134 cm³/mol. The van der Waals surface area contributed by atoms with Gasteiger partial charge in [0, 0.05) is 13.3 Å². The van der Waals surface area contributed by atoms with Gasteiger partial charge in [0.1, 0.15) is 37.0 Å². The third-order valence-electron chi connectivity index (χ3n) is 5.60. The molecule has 2 aliphatic rings. The standard InChI is InChI=1S/C25H36N6O6/c1-17(32)28-22-16-18-10-12-19(13-11-18)37-15-7-5-9-21(25(35)36-3)30-23(33)20(29-24(22)34)8-4-6-14-27-31(2)26/h5,7,10-13,20-22H,4,6,8-9,14-16H2,1-3H3,(H4-,26,27,28,29,30,32,33,34)/p+1/t20-,21-,22-/m0/s1. The van der Waals surface area contributed by atoms with E-state index in [0.717, 1.165) is 5.56 Å². The van der Waals surface area contributed by atoms with Crippen LogP contribution in [0.4, 0.5) is 0 Å². The minimum Gasteiger partial charge on any atom is -0.490 e. The Morgan fingerprint density at radius 2 is 1.89 bits per heavy atom. The molecule has 202 valence electrons. The summed E-state index contributed by atoms with van der Waals surface area (Å²) < 4.78 is 10.5. The smallest absolute Gasteiger partial charge is 0.328 e. The van der Waals surface area contributed by atoms with Crippen molar-refractivity contribution in [1.82, 2.24) is 16.0 Å². The second kappa shape index (κ2) is 15.2. The summed E-state index contributed by atoms with van der Waals surface area (Å²) in [7, 11) is 2.85. The molecule has 0 unspecified atom stereocenters. The van der Waals surface area contributed by atoms with Crippen molar-refractivity contribution in [2.45, 2.75) is 57.2 Å². The van der Waals surface area contributed by atoms with Crippen LogP contribution in [0.2, 0.25) is 0 Å². The average molecular weight is 518 g/mol. The van der Waals surface area contributed by atoms with Crippen LogP contribution < -0.4 is 26.5 Å². The maximum atomic E-state index is 13.2. The highest BCUT2D eigenvalue weighted by molar-refractivity contribution is 5.93. The molecule has 12 heteroatoms. The Morgan fingerprint density at radius 3 is 2.54 bits per heavy atom. The Hall–Kier alpha value is -3.96. The molecule has 0 saturated heterocycles. The van der Waals surface area contributed by atoms with Crippen LogP contribution in [-0.2, 0) is 30.3 Å². The maximum Gasteiger partial charge on any atom is 0.328 e. The van der Waals surface area contributed by atoms with E-state index in [0.29, 0.717) is 31.6 Å². The molecular weight excluding hydrogens is 480 g/mol. The number of nitrogens with two attached hydrogens (primary N) is 1. The molecule has 12 nitrogen and oxygen atoms in total. The van der Waals surface area contributed by atoms with Crippen molar-refractivity contribution >= 4 is 23.7 Å². The highest BCUT2D eigenvalue weighted by atomic mass is 16.5. The van der Waals surface area contributed by atoms with Gasteiger partial charge in [-0.25, -0.2) is 4.79 Å². The zero-order chi connectivity index (χ0) is 27.2. The normalized spacial score (nSPS) is 21.3. The predicted octanol–water partition coefficient (Wildman–Crippen LogP) is 0.354. The number of unbranched alkanes of at least 4 members (excludes halogenated alkanes) is 1. The molecule has 1 aromatic rings. The van der Waals surface area contributed by atoms with Crippen molar-refractivity contribution in [3.05, 3.63) is 42.0 Å². The summed E-state index contributed by atoms with van der Waals surface area (Å²) in [6.45, 7) is 2.04. The highest BCUT2D eigenvalue weighted by Crippen LogP contribution is 2.15. The van der Waals surface area contributed by atoms with E-state index in [-0.39, 0.29) is 25.4 Å². The summed E-state index contributed by atoms with van der Waals surface area (Å²) in [6.07, 6.45) is 5.34. The number of fused-ring (bicyclic) bond motifs is 13. The van der Waals surface area contributed by atoms with Crippen molar-refractivity contribution < 1.29 is 33.5 Å². The lowest BCUT2D eigenvalue weighted by Crippen LogP contribution is -2.56. The van der Waals surface area contributed by atoms with Crippen molar-refractivity contribution in [3.8, 4) is 5.75 Å². The largest absolute Gasteiger partial charge is 0.490 e. The van der Waals surface area contributed by atoms with E-state index < -0.39 is 35.9 Å². The number of hydrogen-bond donors (Lipinski definition) is 4. The summed E-state index contributed by atoms with van der Waals surface area (Å²) >= 11 is 0. The van der Waals surface area contributed by atoms with E-state index in [9.17, 15) is 19.2 Å². The number of methoxy groups -OCH3 is 1. The van der Waals surface area contributed by atoms with Crippen LogP contribution in [0.3, 0.4) is 0 Å². The number of esters is 1. The summed E-state index contributed by atoms with van der Waals surface area (Å²) in [6, 6.07) is 4.38. The number of carbonyl (C=O) groups is 4. The molecule has 3 rings (SSSR count). The molecule has 2 aliphatic heterocycles. The number of ether oxygens (including phenoxy) is 2. The number of amides is 3. The molecule has 0 aromatic heterocycles. The van der Waals surface area contributed by atoms with E-state index in [1.807, 2.05) is 12.1 Å². The summed E-state index contributed by atoms with van der Waals surface area (Å²) in [5.74, 6) is 4.08. The highest BCUT2D eigenvalue weighted by Gasteiger charge is 2.29. The number of hydrazine groups is 1. The molecule has 0 saturated carbocycles. The number of nitrogens with zero attached hydrogens (tertiary/aromatic N) is 2. The number of azo groups is 1. The van der Waals surface area contributed by atoms with Crippen molar-refractivity contribution in [2.75, 3.05) is 27.3 Å². The van der Waals surface area contributed by atoms with Gasteiger partial charge in [0.05, 0.1) is 7.11 Å². The first kappa shape index (κ1) is 29.3. The Bertz CT molecular complexity index is 990. The van der Waals surface area contributed by atoms with Gasteiger partial charge >= 0.3 is 5.97 Å². The third kappa shape index (κ3) is 10.7. The van der Waals surface area contributed by atoms with Crippen molar-refractivity contribution in [3.63, 3.8) is 0 Å². The third-order valence-corrected chi connectivity index (χ3v) is 5.60. The topological polar surface area (TPSA) is 164 Å². The van der Waals surface area contributed by atoms with E-state index in [2.05, 4.69) is 21.1 Å². The van der Waals surface area contributed by atoms with Crippen LogP contribution in [0.15, 0.2) is 41.5 Å². The first-order chi connectivity index (χ1) is 17.7. The Balaban J connectivity index is 2.31. The van der Waals surface area contributed by atoms with Gasteiger partial charge in [0.15, 0.2) is 7.05 Å². The van der Waals surface area contributed by atoms with Gasteiger partial charge in [0.2, 0.25) is 17.7 Å². The van der Waals surface area contributed by atoms with Gasteiger partial charge in [-0.05, 0) is 53.3 Å². The first-order valence-corrected chi connectivity index (χ1v) is 12.2. The number of rotatable bonds is 7. The van der Waals surface area contributed by atoms with Crippen LogP contribution in [0.25, 0.3) is 0 Å². The number of carbonyl (C=O) groups excluding carboxylic acids is 4. The minimum atomic E-state index is -0.949. The summed E-state index contributed by atoms with van der Waals surface area (Å²) in [5, 5.41) is 12.2. The summed E-state index contributed by atoms with van der Waals surface area (Å²) in [5.41, 5.74) is 0.806. The van der Waals surface area contributed by atoms with Crippen LogP contribution in [0.5, 0.6) is 5.75 Å². The monoisotopic (exact) mass is 517 g/mol. The molecule has 3 atom stereocenters. The van der Waals surface area contributed by atoms with Gasteiger partial charge < -0.3 is 25.4 Å². The van der Waals surface area contributed by atoms with E-state index in [4.69, 9.17) is 15.3 Å². The fourth-order valence-corrected chi connectivity index (χ4v) is 3.72. The van der Waals surface area contributed by atoms with Crippen LogP contribution in [-0.4, -0.2) is 73.9 Å². The van der Waals surface area contributed by atoms with E-state index >= 15 is 0 Å². The Kier molecular flexibility index (Phi) is 12.0. The molecule has 2 bridgehead atoms. The molecule has 1 aromatic carbocycles. The van der Waals surface area contributed by atoms with E-state index in [1.54, 1.807) is 31.3 Å². The molecule has 0 aliphatic carbocycles. The number of nitrogens with one attached hydrogen (secondary N) is 3. The Labute approximate surface area is 216 Å². The zero-order valence-electron chi connectivity index (χ0n) is 21.6. The molecule has 37 heavy (non-hydrogen) atoms. The minimum absolute atomic E-state index is 0.178. The van der Waals surface area contributed by atoms with Crippen molar-refractivity contribution in [1.29, 1.82) is 0 Å². The molecule has 0 fully saturated rings. The van der Waals surface area contributed by atoms with Gasteiger partial charge in [-0.1, -0.05) is 24.3 Å². The lowest BCUT2D eigenvalue weighted by Gasteiger charge is -2.24. The maximum absolute atomic E-state index is 13.2. The Morgan fingerprint density at radius 1 is 1.16 bits per heavy atom. The quantitative estimate of drug-likeness (QED) is 0.0771. The number of hydrogen-bond acceptors (Lipinski definition) is 7. The molecule has 2 heterocycles. The average Bonchev–Trinajstić information content (AvgIpc) is 2.86. The second-order valence-corrected chi connectivity index (χ2v) is 8.70. The molecule has 3 amide bonds. The van der Waals surface area contributed by atoms with Gasteiger partial charge in [0.25, 0.3) is 0 Å². The summed E-state index contributed by atoms with van der Waals surface area (Å²) in [4.78, 5) is 51.8. The molecular formula is C25H37N6O6+. The van der Waals surface area contributed by atoms with Crippen molar-refractivity contribution in [2.24, 2.45) is 11.0 Å². The van der Waals surface area contributed by atoms with Crippen LogP contribution in [0, 0.1) is 0 Å². The fourth-order valence-electron chi connectivity index (χ4n) is 3.72. The van der Waals surface area contributed by atoms with Gasteiger partial charge in [-0.3, -0.25) is 14.4 Å². The zero-order valence-corrected chi connectivity index (χ0v) is 21.6. The number of benzene rings is 1. The lowest BCUT2D eigenvalue weighted by molar-refractivity contribution is -0.579. The SMILES string of the molecule is COC(=O)[C@@H]1CC=CCOc2ccc(cc2)C[C@H](NC(C)=O)C(=O)N[C@@H](CCCCN=[N+](C)N)C(=O)N1. The lowest BCUT2D eigenvalue weighted by atomic mass is 10.0. The van der Waals surface area contributed by atoms with Crippen LogP contribution in [0.1, 0.15) is 38.2 Å². The fraction of sp³-hybridized carbons (Fsp3) is 0.520. The van der Waals surface area contributed by atoms with Gasteiger partial charge in [-0.15, -0.1) is 0 Å². The molecule has 5 N–H and O–H groups in total. The molecule has 0 radical (unpaired) electrons. The molecule has 0 spiro atoms. The van der Waals surface area contributed by atoms with Crippen LogP contribution >= 0.6 is 0 Å². The second-order valence-electron chi connectivity index (χ2n) is 8.70.